The maximum atomic E-state index is 12.3. The predicted octanol–water partition coefficient (Wildman–Crippen LogP) is 7.23. The number of ketones is 1. The Kier molecular flexibility index (Phi) is 5.68. The van der Waals surface area contributed by atoms with Crippen molar-refractivity contribution < 1.29 is 9.22 Å². The van der Waals surface area contributed by atoms with Crippen LogP contribution in [-0.4, -0.2) is 20.2 Å². The molecule has 8 atom stereocenters. The van der Waals surface area contributed by atoms with Crippen LogP contribution in [-0.2, 0) is 9.22 Å². The molecule has 0 amide bonds. The van der Waals surface area contributed by atoms with Crippen molar-refractivity contribution in [1.82, 2.24) is 0 Å². The van der Waals surface area contributed by atoms with Crippen LogP contribution in [0.5, 0.6) is 0 Å². The van der Waals surface area contributed by atoms with Gasteiger partial charge >= 0.3 is 0 Å². The summed E-state index contributed by atoms with van der Waals surface area (Å²) in [5.74, 6) is 5.30. The summed E-state index contributed by atoms with van der Waals surface area (Å²) in [6.07, 6.45) is 12.5. The fraction of sp³-hybridized carbons (Fsp3) is 0.962. The lowest BCUT2D eigenvalue weighted by molar-refractivity contribution is -0.128. The fourth-order valence-corrected chi connectivity index (χ4v) is 9.58. The van der Waals surface area contributed by atoms with Gasteiger partial charge in [-0.3, -0.25) is 4.79 Å². The average molecular weight is 419 g/mol. The highest BCUT2D eigenvalue weighted by Gasteiger charge is 2.58. The minimum absolute atomic E-state index is 0.308. The van der Waals surface area contributed by atoms with Crippen molar-refractivity contribution in [2.24, 2.45) is 40.9 Å². The standard InChI is InChI=1S/C26H46O2Si/c1-17(27)23-12-13-24-22-10-8-18-16-19(28-29(6,7)25(2,3)4)9-11-20(18)21(22)14-15-26(23,24)5/h18-24H,8-16H2,1-7H3/t18-,19?,20+,21-,22-,23-,24+,26-/m1/s1. The van der Waals surface area contributed by atoms with Gasteiger partial charge in [-0.15, -0.1) is 0 Å². The molecule has 4 aliphatic carbocycles. The minimum Gasteiger partial charge on any atom is -0.414 e. The quantitative estimate of drug-likeness (QED) is 0.452. The van der Waals surface area contributed by atoms with Crippen LogP contribution in [0.1, 0.15) is 92.4 Å². The zero-order chi connectivity index (χ0) is 21.2. The lowest BCUT2D eigenvalue weighted by atomic mass is 9.49. The number of fused-ring (bicyclic) bond motifs is 5. The van der Waals surface area contributed by atoms with Gasteiger partial charge in [0.15, 0.2) is 8.32 Å². The smallest absolute Gasteiger partial charge is 0.192 e. The first-order valence-electron chi connectivity index (χ1n) is 12.6. The molecule has 4 aliphatic rings. The molecule has 166 valence electrons. The summed E-state index contributed by atoms with van der Waals surface area (Å²) in [5.41, 5.74) is 0.308. The van der Waals surface area contributed by atoms with Crippen molar-refractivity contribution in [2.75, 3.05) is 0 Å². The van der Waals surface area contributed by atoms with Gasteiger partial charge in [0.2, 0.25) is 0 Å². The third-order valence-corrected chi connectivity index (χ3v) is 15.2. The molecule has 4 saturated carbocycles. The van der Waals surface area contributed by atoms with E-state index in [1.165, 1.54) is 51.4 Å². The van der Waals surface area contributed by atoms with E-state index in [-0.39, 0.29) is 0 Å². The van der Waals surface area contributed by atoms with Gasteiger partial charge in [-0.2, -0.15) is 0 Å². The van der Waals surface area contributed by atoms with E-state index in [9.17, 15) is 4.79 Å². The summed E-state index contributed by atoms with van der Waals surface area (Å²) in [7, 11) is -1.66. The van der Waals surface area contributed by atoms with Crippen molar-refractivity contribution >= 4 is 14.1 Å². The summed E-state index contributed by atoms with van der Waals surface area (Å²) >= 11 is 0. The summed E-state index contributed by atoms with van der Waals surface area (Å²) in [4.78, 5) is 12.3. The molecule has 4 rings (SSSR count). The van der Waals surface area contributed by atoms with Crippen molar-refractivity contribution in [3.05, 3.63) is 0 Å². The molecule has 29 heavy (non-hydrogen) atoms. The van der Waals surface area contributed by atoms with Crippen molar-refractivity contribution in [3.8, 4) is 0 Å². The van der Waals surface area contributed by atoms with E-state index in [2.05, 4.69) is 40.8 Å². The minimum atomic E-state index is -1.66. The highest BCUT2D eigenvalue weighted by Crippen LogP contribution is 2.64. The van der Waals surface area contributed by atoms with Crippen LogP contribution < -0.4 is 0 Å². The van der Waals surface area contributed by atoms with Gasteiger partial charge in [0.1, 0.15) is 5.78 Å². The Morgan fingerprint density at radius 1 is 0.931 bits per heavy atom. The summed E-state index contributed by atoms with van der Waals surface area (Å²) in [6, 6.07) is 0. The zero-order valence-electron chi connectivity index (χ0n) is 20.2. The molecular weight excluding hydrogens is 372 g/mol. The van der Waals surface area contributed by atoms with Gasteiger partial charge in [0, 0.05) is 12.0 Å². The Morgan fingerprint density at radius 2 is 1.62 bits per heavy atom. The van der Waals surface area contributed by atoms with Crippen LogP contribution in [0.25, 0.3) is 0 Å². The number of hydrogen-bond acceptors (Lipinski definition) is 2. The number of rotatable bonds is 3. The van der Waals surface area contributed by atoms with E-state index < -0.39 is 8.32 Å². The summed E-state index contributed by atoms with van der Waals surface area (Å²) in [6.45, 7) is 16.3. The Morgan fingerprint density at radius 3 is 2.28 bits per heavy atom. The van der Waals surface area contributed by atoms with Crippen molar-refractivity contribution in [2.45, 2.75) is 117 Å². The second-order valence-electron chi connectivity index (χ2n) is 13.0. The Balaban J connectivity index is 1.43. The highest BCUT2D eigenvalue weighted by molar-refractivity contribution is 6.74. The molecule has 1 unspecified atom stereocenters. The molecule has 0 N–H and O–H groups in total. The average Bonchev–Trinajstić information content (AvgIpc) is 2.97. The third-order valence-electron chi connectivity index (χ3n) is 10.7. The van der Waals surface area contributed by atoms with Crippen molar-refractivity contribution in [1.29, 1.82) is 0 Å². The van der Waals surface area contributed by atoms with Crippen LogP contribution in [0, 0.1) is 40.9 Å². The highest BCUT2D eigenvalue weighted by atomic mass is 28.4. The van der Waals surface area contributed by atoms with Gasteiger partial charge in [-0.05, 0) is 118 Å². The lowest BCUT2D eigenvalue weighted by Crippen LogP contribution is -2.51. The van der Waals surface area contributed by atoms with E-state index in [1.807, 2.05) is 6.92 Å². The van der Waals surface area contributed by atoms with Gasteiger partial charge in [0.05, 0.1) is 0 Å². The molecule has 3 heteroatoms. The van der Waals surface area contributed by atoms with Crippen LogP contribution in [0.2, 0.25) is 18.1 Å². The number of carbonyl (C=O) groups excluding carboxylic acids is 1. The SMILES string of the molecule is CC(=O)[C@H]1CC[C@H]2[C@@H]3CC[C@@H]4CC(O[Si](C)(C)C(C)(C)C)CC[C@@H]4[C@H]3CC[C@]12C. The second kappa shape index (κ2) is 7.47. The molecule has 0 spiro atoms. The van der Waals surface area contributed by atoms with E-state index in [4.69, 9.17) is 4.43 Å². The number of hydrogen-bond donors (Lipinski definition) is 0. The molecule has 0 heterocycles. The van der Waals surface area contributed by atoms with E-state index in [1.54, 1.807) is 0 Å². The summed E-state index contributed by atoms with van der Waals surface area (Å²) in [5, 5.41) is 0.311. The molecule has 0 bridgehead atoms. The van der Waals surface area contributed by atoms with E-state index in [0.29, 0.717) is 28.3 Å². The predicted molar refractivity (Wildman–Crippen MR) is 123 cm³/mol. The van der Waals surface area contributed by atoms with Gasteiger partial charge in [-0.1, -0.05) is 27.7 Å². The number of carbonyl (C=O) groups is 1. The fourth-order valence-electron chi connectivity index (χ4n) is 8.18. The van der Waals surface area contributed by atoms with Crippen LogP contribution in [0.15, 0.2) is 0 Å². The maximum Gasteiger partial charge on any atom is 0.192 e. The van der Waals surface area contributed by atoms with Crippen LogP contribution >= 0.6 is 0 Å². The first-order valence-corrected chi connectivity index (χ1v) is 15.5. The molecular formula is C26H46O2Si. The van der Waals surface area contributed by atoms with Gasteiger partial charge in [0.25, 0.3) is 0 Å². The first-order chi connectivity index (χ1) is 13.4. The Bertz CT molecular complexity index is 635. The third kappa shape index (κ3) is 3.71. The number of Topliss-reactive ketones (excluding diaryl/α,β-unsaturated/α-hetero) is 1. The Labute approximate surface area is 181 Å². The summed E-state index contributed by atoms with van der Waals surface area (Å²) < 4.78 is 6.86. The Hall–Kier alpha value is -0.153. The van der Waals surface area contributed by atoms with Gasteiger partial charge < -0.3 is 4.43 Å². The van der Waals surface area contributed by atoms with E-state index >= 15 is 0 Å². The van der Waals surface area contributed by atoms with Crippen LogP contribution in [0.4, 0.5) is 0 Å². The normalized spacial score (nSPS) is 45.3. The molecule has 0 radical (unpaired) electrons. The topological polar surface area (TPSA) is 26.3 Å². The molecule has 0 aromatic carbocycles. The zero-order valence-corrected chi connectivity index (χ0v) is 21.2. The maximum absolute atomic E-state index is 12.3. The lowest BCUT2D eigenvalue weighted by Gasteiger charge is -2.56. The van der Waals surface area contributed by atoms with Crippen molar-refractivity contribution in [3.63, 3.8) is 0 Å². The molecule has 0 aromatic rings. The van der Waals surface area contributed by atoms with Gasteiger partial charge in [-0.25, -0.2) is 0 Å². The molecule has 0 saturated heterocycles. The second-order valence-corrected chi connectivity index (χ2v) is 17.8. The molecule has 4 fully saturated rings. The first kappa shape index (κ1) is 22.1. The molecule has 0 aliphatic heterocycles. The molecule has 2 nitrogen and oxygen atoms in total. The largest absolute Gasteiger partial charge is 0.414 e. The molecule has 0 aromatic heterocycles. The van der Waals surface area contributed by atoms with E-state index in [0.717, 1.165) is 36.0 Å². The van der Waals surface area contributed by atoms with Crippen LogP contribution in [0.3, 0.4) is 0 Å². The monoisotopic (exact) mass is 418 g/mol.